The van der Waals surface area contributed by atoms with Crippen molar-refractivity contribution >= 4 is 12.1 Å². The number of phenols is 2. The maximum absolute atomic E-state index is 13.3. The summed E-state index contributed by atoms with van der Waals surface area (Å²) in [5.41, 5.74) is 2.40. The highest BCUT2D eigenvalue weighted by atomic mass is 16.5. The Kier molecular flexibility index (Phi) is 7.98. The third kappa shape index (κ3) is 5.73. The molecule has 4 aromatic carbocycles. The molecule has 0 bridgehead atoms. The average Bonchev–Trinajstić information content (AvgIpc) is 2.91. The van der Waals surface area contributed by atoms with E-state index in [0.29, 0.717) is 17.9 Å². The van der Waals surface area contributed by atoms with Gasteiger partial charge < -0.3 is 20.3 Å². The number of benzene rings is 4. The smallest absolute Gasteiger partial charge is 0.255 e. The Morgan fingerprint density at radius 1 is 0.861 bits per heavy atom. The minimum Gasteiger partial charge on any atom is -0.507 e. The molecule has 0 aliphatic heterocycles. The SMILES string of the molecule is CCOc1cccc(C=NC(c2ccccc2)C(NC(=O)c2ccccc2O)c2ccccc2)c1O. The number of nitrogens with one attached hydrogen (secondary N) is 1. The van der Waals surface area contributed by atoms with Crippen LogP contribution in [0.3, 0.4) is 0 Å². The lowest BCUT2D eigenvalue weighted by Gasteiger charge is -2.26. The Labute approximate surface area is 210 Å². The van der Waals surface area contributed by atoms with Crippen LogP contribution < -0.4 is 10.1 Å². The highest BCUT2D eigenvalue weighted by Gasteiger charge is 2.27. The van der Waals surface area contributed by atoms with E-state index in [0.717, 1.165) is 11.1 Å². The standard InChI is InChI=1S/C30H28N2O4/c1-2-36-26-19-11-16-23(29(26)34)20-31-27(21-12-5-3-6-13-21)28(22-14-7-4-8-15-22)32-30(35)24-17-9-10-18-25(24)33/h3-20,27-28,33-34H,2H2,1H3,(H,32,35). The summed E-state index contributed by atoms with van der Waals surface area (Å²) >= 11 is 0. The predicted octanol–water partition coefficient (Wildman–Crippen LogP) is 5.83. The number of carbonyl (C=O) groups is 1. The molecule has 0 aromatic heterocycles. The Morgan fingerprint density at radius 3 is 2.17 bits per heavy atom. The van der Waals surface area contributed by atoms with Gasteiger partial charge in [0.15, 0.2) is 11.5 Å². The maximum atomic E-state index is 13.3. The second kappa shape index (κ2) is 11.7. The first-order valence-electron chi connectivity index (χ1n) is 11.7. The molecule has 0 aliphatic carbocycles. The second-order valence-electron chi connectivity index (χ2n) is 8.14. The Hall–Kier alpha value is -4.58. The van der Waals surface area contributed by atoms with E-state index in [1.807, 2.05) is 67.6 Å². The van der Waals surface area contributed by atoms with Gasteiger partial charge in [-0.25, -0.2) is 0 Å². The molecular formula is C30H28N2O4. The zero-order valence-corrected chi connectivity index (χ0v) is 19.9. The van der Waals surface area contributed by atoms with Gasteiger partial charge in [0.2, 0.25) is 0 Å². The quantitative estimate of drug-likeness (QED) is 0.263. The third-order valence-electron chi connectivity index (χ3n) is 5.76. The average molecular weight is 481 g/mol. The third-order valence-corrected chi connectivity index (χ3v) is 5.76. The first-order chi connectivity index (χ1) is 17.6. The summed E-state index contributed by atoms with van der Waals surface area (Å²) < 4.78 is 5.51. The lowest BCUT2D eigenvalue weighted by Crippen LogP contribution is -2.32. The van der Waals surface area contributed by atoms with Gasteiger partial charge in [-0.15, -0.1) is 0 Å². The molecule has 1 amide bonds. The number of phenolic OH excluding ortho intramolecular Hbond substituents is 2. The topological polar surface area (TPSA) is 91.2 Å². The molecule has 182 valence electrons. The minimum absolute atomic E-state index is 0.00409. The van der Waals surface area contributed by atoms with Crippen LogP contribution in [0.25, 0.3) is 0 Å². The van der Waals surface area contributed by atoms with Crippen LogP contribution in [0.5, 0.6) is 17.2 Å². The Morgan fingerprint density at radius 2 is 1.50 bits per heavy atom. The molecule has 2 atom stereocenters. The van der Waals surface area contributed by atoms with Gasteiger partial charge in [-0.1, -0.05) is 78.9 Å². The number of rotatable bonds is 9. The van der Waals surface area contributed by atoms with Gasteiger partial charge in [0.05, 0.1) is 24.3 Å². The van der Waals surface area contributed by atoms with Crippen LogP contribution in [0.15, 0.2) is 108 Å². The number of para-hydroxylation sites is 2. The van der Waals surface area contributed by atoms with E-state index in [-0.39, 0.29) is 17.1 Å². The molecule has 0 heterocycles. The minimum atomic E-state index is -0.561. The van der Waals surface area contributed by atoms with E-state index in [1.54, 1.807) is 42.6 Å². The highest BCUT2D eigenvalue weighted by molar-refractivity contribution is 5.97. The van der Waals surface area contributed by atoms with Crippen molar-refractivity contribution in [1.29, 1.82) is 0 Å². The molecule has 0 radical (unpaired) electrons. The normalized spacial score (nSPS) is 12.7. The first-order valence-corrected chi connectivity index (χ1v) is 11.7. The van der Waals surface area contributed by atoms with Crippen molar-refractivity contribution in [1.82, 2.24) is 5.32 Å². The van der Waals surface area contributed by atoms with Crippen molar-refractivity contribution in [3.63, 3.8) is 0 Å². The first kappa shape index (κ1) is 24.5. The van der Waals surface area contributed by atoms with Crippen molar-refractivity contribution in [2.24, 2.45) is 4.99 Å². The van der Waals surface area contributed by atoms with Gasteiger partial charge in [0.25, 0.3) is 5.91 Å². The van der Waals surface area contributed by atoms with E-state index in [4.69, 9.17) is 9.73 Å². The number of hydrogen-bond donors (Lipinski definition) is 3. The summed E-state index contributed by atoms with van der Waals surface area (Å²) in [7, 11) is 0. The van der Waals surface area contributed by atoms with E-state index >= 15 is 0 Å². The van der Waals surface area contributed by atoms with Crippen molar-refractivity contribution in [2.75, 3.05) is 6.61 Å². The van der Waals surface area contributed by atoms with E-state index in [9.17, 15) is 15.0 Å². The molecule has 36 heavy (non-hydrogen) atoms. The fourth-order valence-corrected chi connectivity index (χ4v) is 3.98. The van der Waals surface area contributed by atoms with Gasteiger partial charge in [-0.3, -0.25) is 9.79 Å². The van der Waals surface area contributed by atoms with Crippen molar-refractivity contribution in [3.8, 4) is 17.2 Å². The van der Waals surface area contributed by atoms with Gasteiger partial charge in [-0.2, -0.15) is 0 Å². The zero-order valence-electron chi connectivity index (χ0n) is 19.9. The van der Waals surface area contributed by atoms with Crippen molar-refractivity contribution in [2.45, 2.75) is 19.0 Å². The molecule has 3 N–H and O–H groups in total. The maximum Gasteiger partial charge on any atom is 0.255 e. The molecule has 6 nitrogen and oxygen atoms in total. The molecule has 0 aliphatic rings. The summed E-state index contributed by atoms with van der Waals surface area (Å²) in [6, 6.07) is 29.8. The second-order valence-corrected chi connectivity index (χ2v) is 8.14. The lowest BCUT2D eigenvalue weighted by molar-refractivity contribution is 0.0928. The summed E-state index contributed by atoms with van der Waals surface area (Å²) in [6.45, 7) is 2.28. The molecule has 4 rings (SSSR count). The van der Waals surface area contributed by atoms with Crippen LogP contribution in [-0.2, 0) is 0 Å². The Balaban J connectivity index is 1.77. The predicted molar refractivity (Wildman–Crippen MR) is 141 cm³/mol. The molecule has 6 heteroatoms. The molecule has 2 unspecified atom stereocenters. The summed E-state index contributed by atoms with van der Waals surface area (Å²) in [5, 5.41) is 24.0. The molecular weight excluding hydrogens is 452 g/mol. The van der Waals surface area contributed by atoms with Crippen LogP contribution in [0.4, 0.5) is 0 Å². The van der Waals surface area contributed by atoms with Gasteiger partial charge in [0.1, 0.15) is 5.75 Å². The molecule has 0 fully saturated rings. The summed E-state index contributed by atoms with van der Waals surface area (Å²) in [6.07, 6.45) is 1.59. The zero-order chi connectivity index (χ0) is 25.3. The van der Waals surface area contributed by atoms with Crippen LogP contribution in [-0.4, -0.2) is 28.9 Å². The number of carbonyl (C=O) groups excluding carboxylic acids is 1. The molecule has 0 saturated carbocycles. The van der Waals surface area contributed by atoms with E-state index in [2.05, 4.69) is 5.32 Å². The number of ether oxygens (including phenoxy) is 1. The number of aliphatic imine (C=N–C) groups is 1. The monoisotopic (exact) mass is 480 g/mol. The number of nitrogens with zero attached hydrogens (tertiary/aromatic N) is 1. The summed E-state index contributed by atoms with van der Waals surface area (Å²) in [4.78, 5) is 18.1. The van der Waals surface area contributed by atoms with Gasteiger partial charge in [0, 0.05) is 11.8 Å². The van der Waals surface area contributed by atoms with E-state index < -0.39 is 18.0 Å². The van der Waals surface area contributed by atoms with Crippen molar-refractivity contribution < 1.29 is 19.7 Å². The fraction of sp³-hybridized carbons (Fsp3) is 0.133. The Bertz CT molecular complexity index is 1320. The largest absolute Gasteiger partial charge is 0.507 e. The molecule has 0 spiro atoms. The number of aromatic hydroxyl groups is 2. The van der Waals surface area contributed by atoms with Gasteiger partial charge >= 0.3 is 0 Å². The number of hydrogen-bond acceptors (Lipinski definition) is 5. The highest BCUT2D eigenvalue weighted by Crippen LogP contribution is 2.34. The molecule has 0 saturated heterocycles. The van der Waals surface area contributed by atoms with Crippen LogP contribution in [0.2, 0.25) is 0 Å². The fourth-order valence-electron chi connectivity index (χ4n) is 3.98. The summed E-state index contributed by atoms with van der Waals surface area (Å²) in [5.74, 6) is -0.131. The van der Waals surface area contributed by atoms with Gasteiger partial charge in [-0.05, 0) is 42.3 Å². The molecule has 4 aromatic rings. The lowest BCUT2D eigenvalue weighted by atomic mass is 9.93. The van der Waals surface area contributed by atoms with E-state index in [1.165, 1.54) is 6.07 Å². The number of amides is 1. The van der Waals surface area contributed by atoms with Crippen molar-refractivity contribution in [3.05, 3.63) is 125 Å². The van der Waals surface area contributed by atoms with Crippen LogP contribution in [0, 0.1) is 0 Å². The van der Waals surface area contributed by atoms with Crippen LogP contribution in [0.1, 0.15) is 46.1 Å². The van der Waals surface area contributed by atoms with Crippen LogP contribution >= 0.6 is 0 Å².